The van der Waals surface area contributed by atoms with Crippen LogP contribution in [0.5, 0.6) is 11.5 Å². The third-order valence-corrected chi connectivity index (χ3v) is 12.0. The van der Waals surface area contributed by atoms with E-state index in [0.29, 0.717) is 0 Å². The summed E-state index contributed by atoms with van der Waals surface area (Å²) in [4.78, 5) is 9.59. The van der Waals surface area contributed by atoms with Gasteiger partial charge in [-0.05, 0) is 82.7 Å². The molecule has 12 aromatic rings. The van der Waals surface area contributed by atoms with Crippen LogP contribution in [0.1, 0.15) is 0 Å². The summed E-state index contributed by atoms with van der Waals surface area (Å²) in [6.07, 6.45) is 3.70. The highest BCUT2D eigenvalue weighted by atomic mass is 16.5. The molecule has 0 saturated carbocycles. The molecule has 1 aliphatic heterocycles. The van der Waals surface area contributed by atoms with Crippen molar-refractivity contribution in [3.63, 3.8) is 0 Å². The minimum atomic E-state index is 0.887. The molecule has 57 heavy (non-hydrogen) atoms. The Morgan fingerprint density at radius 3 is 1.96 bits per heavy atom. The van der Waals surface area contributed by atoms with E-state index < -0.39 is 0 Å². The quantitative estimate of drug-likeness (QED) is 0.170. The number of pyridine rings is 2. The van der Waals surface area contributed by atoms with Crippen molar-refractivity contribution in [3.8, 4) is 45.1 Å². The predicted molar refractivity (Wildman–Crippen MR) is 234 cm³/mol. The van der Waals surface area contributed by atoms with Crippen LogP contribution in [-0.2, 0) is 0 Å². The summed E-state index contributed by atoms with van der Waals surface area (Å²) < 4.78 is 11.5. The Labute approximate surface area is 326 Å². The standard InChI is InChI=1S/C52H30N4O/c1-2-12-34(13-3-1)55-44-28-32(22-24-39(44)49-41-17-8-16-38-37-15-5-7-20-47(37)57-48(50(38)41)30-46(49)55)31-21-23-36-35-14-4-6-19-42(35)56(43(36)27-31)45-29-33-11-9-25-53-51(33)52-40(45)18-10-26-54-52/h1-30H. The molecule has 1 aliphatic rings. The van der Waals surface area contributed by atoms with Crippen molar-refractivity contribution in [1.82, 2.24) is 19.1 Å². The Balaban J connectivity index is 1.09. The van der Waals surface area contributed by atoms with Gasteiger partial charge in [0.1, 0.15) is 11.5 Å². The van der Waals surface area contributed by atoms with E-state index in [1.807, 2.05) is 30.6 Å². The zero-order chi connectivity index (χ0) is 37.2. The van der Waals surface area contributed by atoms with E-state index in [-0.39, 0.29) is 0 Å². The van der Waals surface area contributed by atoms with Crippen LogP contribution in [0.4, 0.5) is 0 Å². The molecule has 13 rings (SSSR count). The van der Waals surface area contributed by atoms with Gasteiger partial charge in [-0.25, -0.2) is 0 Å². The van der Waals surface area contributed by atoms with Gasteiger partial charge in [0.15, 0.2) is 0 Å². The summed E-state index contributed by atoms with van der Waals surface area (Å²) in [7, 11) is 0. The molecule has 4 aromatic heterocycles. The number of hydrogen-bond donors (Lipinski definition) is 0. The Bertz CT molecular complexity index is 3670. The molecule has 5 nitrogen and oxygen atoms in total. The first-order valence-corrected chi connectivity index (χ1v) is 19.3. The first-order chi connectivity index (χ1) is 28.3. The number of ether oxygens (including phenoxy) is 1. The van der Waals surface area contributed by atoms with Gasteiger partial charge in [0.25, 0.3) is 0 Å². The van der Waals surface area contributed by atoms with E-state index in [0.717, 1.165) is 88.8 Å². The number of nitrogens with zero attached hydrogens (tertiary/aromatic N) is 4. The number of rotatable bonds is 3. The number of aromatic nitrogens is 4. The normalized spacial score (nSPS) is 12.4. The van der Waals surface area contributed by atoms with Crippen LogP contribution in [0.2, 0.25) is 0 Å². The number of fused-ring (bicyclic) bond motifs is 12. The molecule has 264 valence electrons. The predicted octanol–water partition coefficient (Wildman–Crippen LogP) is 13.6. The highest BCUT2D eigenvalue weighted by Crippen LogP contribution is 2.51. The van der Waals surface area contributed by atoms with Crippen LogP contribution in [-0.4, -0.2) is 19.1 Å². The second kappa shape index (κ2) is 11.4. The van der Waals surface area contributed by atoms with E-state index in [1.165, 1.54) is 32.5 Å². The minimum Gasteiger partial charge on any atom is -0.456 e. The average molecular weight is 727 g/mol. The third-order valence-electron chi connectivity index (χ3n) is 12.0. The Hall–Kier alpha value is -7.76. The van der Waals surface area contributed by atoms with Crippen molar-refractivity contribution in [2.45, 2.75) is 0 Å². The lowest BCUT2D eigenvalue weighted by Gasteiger charge is -2.22. The average Bonchev–Trinajstić information content (AvgIpc) is 3.78. The van der Waals surface area contributed by atoms with Gasteiger partial charge in [-0.15, -0.1) is 0 Å². The second-order valence-electron chi connectivity index (χ2n) is 15.0. The molecule has 0 amide bonds. The fourth-order valence-corrected chi connectivity index (χ4v) is 9.54. The van der Waals surface area contributed by atoms with E-state index in [4.69, 9.17) is 14.7 Å². The lowest BCUT2D eigenvalue weighted by atomic mass is 9.92. The van der Waals surface area contributed by atoms with Crippen molar-refractivity contribution in [2.24, 2.45) is 0 Å². The molecular weight excluding hydrogens is 697 g/mol. The van der Waals surface area contributed by atoms with Crippen LogP contribution in [0, 0.1) is 0 Å². The fourth-order valence-electron chi connectivity index (χ4n) is 9.54. The van der Waals surface area contributed by atoms with Gasteiger partial charge >= 0.3 is 0 Å². The molecule has 0 N–H and O–H groups in total. The molecule has 0 saturated heterocycles. The Morgan fingerprint density at radius 2 is 1.07 bits per heavy atom. The monoisotopic (exact) mass is 726 g/mol. The summed E-state index contributed by atoms with van der Waals surface area (Å²) in [6, 6.07) is 61.1. The maximum Gasteiger partial charge on any atom is 0.138 e. The van der Waals surface area contributed by atoms with Crippen LogP contribution >= 0.6 is 0 Å². The summed E-state index contributed by atoms with van der Waals surface area (Å²) in [5.74, 6) is 1.77. The van der Waals surface area contributed by atoms with E-state index in [2.05, 4.69) is 161 Å². The third kappa shape index (κ3) is 4.23. The highest BCUT2D eigenvalue weighted by molar-refractivity contribution is 6.26. The largest absolute Gasteiger partial charge is 0.456 e. The van der Waals surface area contributed by atoms with Gasteiger partial charge in [0.2, 0.25) is 0 Å². The summed E-state index contributed by atoms with van der Waals surface area (Å²) >= 11 is 0. The van der Waals surface area contributed by atoms with Gasteiger partial charge in [0, 0.05) is 67.4 Å². The van der Waals surface area contributed by atoms with Gasteiger partial charge in [-0.1, -0.05) is 103 Å². The zero-order valence-electron chi connectivity index (χ0n) is 30.5. The SMILES string of the molecule is c1ccc(-n2c3cc(-c4ccc5c6ccccc6n(-c6cc7cccnc7c7ncccc67)c5c4)ccc3c3c4cccc5c4c(cc32)Oc2ccccc2-5)cc1. The first-order valence-electron chi connectivity index (χ1n) is 19.3. The summed E-state index contributed by atoms with van der Waals surface area (Å²) in [5, 5.41) is 9.34. The number of para-hydroxylation sites is 3. The summed E-state index contributed by atoms with van der Waals surface area (Å²) in [6.45, 7) is 0. The molecular formula is C52H30N4O. The fraction of sp³-hybridized carbons (Fsp3) is 0. The highest BCUT2D eigenvalue weighted by Gasteiger charge is 2.25. The maximum atomic E-state index is 6.68. The van der Waals surface area contributed by atoms with Crippen LogP contribution in [0.15, 0.2) is 182 Å². The lowest BCUT2D eigenvalue weighted by molar-refractivity contribution is 0.487. The smallest absolute Gasteiger partial charge is 0.138 e. The molecule has 5 heteroatoms. The second-order valence-corrected chi connectivity index (χ2v) is 15.0. The van der Waals surface area contributed by atoms with Gasteiger partial charge in [0.05, 0.1) is 38.8 Å². The lowest BCUT2D eigenvalue weighted by Crippen LogP contribution is -1.98. The van der Waals surface area contributed by atoms with Crippen molar-refractivity contribution in [2.75, 3.05) is 0 Å². The number of benzene rings is 8. The molecule has 0 aliphatic carbocycles. The topological polar surface area (TPSA) is 44.9 Å². The molecule has 0 unspecified atom stereocenters. The zero-order valence-corrected chi connectivity index (χ0v) is 30.5. The molecule has 0 radical (unpaired) electrons. The van der Waals surface area contributed by atoms with Gasteiger partial charge in [-0.3, -0.25) is 9.97 Å². The Kier molecular flexibility index (Phi) is 6.10. The van der Waals surface area contributed by atoms with E-state index in [1.54, 1.807) is 0 Å². The molecule has 0 fully saturated rings. The molecule has 0 bridgehead atoms. The molecule has 5 heterocycles. The maximum absolute atomic E-state index is 6.68. The van der Waals surface area contributed by atoms with Crippen molar-refractivity contribution < 1.29 is 4.74 Å². The van der Waals surface area contributed by atoms with E-state index in [9.17, 15) is 0 Å². The molecule has 0 atom stereocenters. The Morgan fingerprint density at radius 1 is 0.386 bits per heavy atom. The summed E-state index contributed by atoms with van der Waals surface area (Å²) in [5.41, 5.74) is 13.2. The van der Waals surface area contributed by atoms with Crippen LogP contribution < -0.4 is 4.74 Å². The van der Waals surface area contributed by atoms with Crippen molar-refractivity contribution >= 4 is 76.2 Å². The van der Waals surface area contributed by atoms with E-state index >= 15 is 0 Å². The first kappa shape index (κ1) is 30.6. The van der Waals surface area contributed by atoms with Gasteiger partial charge < -0.3 is 13.9 Å². The minimum absolute atomic E-state index is 0.887. The van der Waals surface area contributed by atoms with Crippen molar-refractivity contribution in [1.29, 1.82) is 0 Å². The van der Waals surface area contributed by atoms with Crippen molar-refractivity contribution in [3.05, 3.63) is 182 Å². The van der Waals surface area contributed by atoms with Crippen LogP contribution in [0.3, 0.4) is 0 Å². The van der Waals surface area contributed by atoms with Crippen LogP contribution in [0.25, 0.3) is 110 Å². The molecule has 8 aromatic carbocycles. The van der Waals surface area contributed by atoms with Gasteiger partial charge in [-0.2, -0.15) is 0 Å². The number of hydrogen-bond acceptors (Lipinski definition) is 3. The molecule has 0 spiro atoms.